The highest BCUT2D eigenvalue weighted by molar-refractivity contribution is 6.33. The Bertz CT molecular complexity index is 681. The average molecular weight is 344 g/mol. The Kier molecular flexibility index (Phi) is 5.59. The van der Waals surface area contributed by atoms with Gasteiger partial charge in [-0.15, -0.1) is 0 Å². The molecular formula is C19H22ClN3O. The van der Waals surface area contributed by atoms with E-state index in [1.54, 1.807) is 12.1 Å². The molecule has 0 bridgehead atoms. The van der Waals surface area contributed by atoms with Crippen LogP contribution in [-0.2, 0) is 4.79 Å². The lowest BCUT2D eigenvalue weighted by Gasteiger charge is -2.28. The second-order valence-corrected chi connectivity index (χ2v) is 6.38. The van der Waals surface area contributed by atoms with Crippen LogP contribution in [0, 0.1) is 0 Å². The van der Waals surface area contributed by atoms with E-state index >= 15 is 0 Å². The third kappa shape index (κ3) is 4.42. The lowest BCUT2D eigenvalue weighted by Crippen LogP contribution is -2.29. The van der Waals surface area contributed by atoms with Gasteiger partial charge in [0.25, 0.3) is 0 Å². The molecule has 0 saturated carbocycles. The van der Waals surface area contributed by atoms with Gasteiger partial charge in [-0.1, -0.05) is 23.7 Å². The molecule has 1 aliphatic heterocycles. The molecule has 1 aliphatic rings. The van der Waals surface area contributed by atoms with E-state index in [9.17, 15) is 4.79 Å². The van der Waals surface area contributed by atoms with Crippen molar-refractivity contribution in [1.29, 1.82) is 0 Å². The number of piperidine rings is 1. The van der Waals surface area contributed by atoms with Crippen LogP contribution >= 0.6 is 11.6 Å². The fourth-order valence-corrected chi connectivity index (χ4v) is 3.06. The summed E-state index contributed by atoms with van der Waals surface area (Å²) in [5.74, 6) is -0.122. The van der Waals surface area contributed by atoms with Gasteiger partial charge in [-0.2, -0.15) is 0 Å². The van der Waals surface area contributed by atoms with Crippen LogP contribution in [0.3, 0.4) is 0 Å². The molecular weight excluding hydrogens is 322 g/mol. The minimum absolute atomic E-state index is 0.122. The minimum atomic E-state index is -0.122. The Morgan fingerprint density at radius 1 is 1.00 bits per heavy atom. The number of hydrogen-bond donors (Lipinski definition) is 2. The number of anilines is 3. The summed E-state index contributed by atoms with van der Waals surface area (Å²) in [6.07, 6.45) is 3.86. The zero-order valence-corrected chi connectivity index (χ0v) is 14.4. The van der Waals surface area contributed by atoms with Crippen molar-refractivity contribution in [3.63, 3.8) is 0 Å². The van der Waals surface area contributed by atoms with Crippen LogP contribution in [-0.4, -0.2) is 25.5 Å². The summed E-state index contributed by atoms with van der Waals surface area (Å²) in [7, 11) is 0. The number of hydrogen-bond acceptors (Lipinski definition) is 3. The molecule has 0 radical (unpaired) electrons. The third-order valence-corrected chi connectivity index (χ3v) is 4.52. The fraction of sp³-hybridized carbons (Fsp3) is 0.316. The van der Waals surface area contributed by atoms with E-state index < -0.39 is 0 Å². The van der Waals surface area contributed by atoms with Crippen molar-refractivity contribution in [1.82, 2.24) is 0 Å². The summed E-state index contributed by atoms with van der Waals surface area (Å²) in [5.41, 5.74) is 2.82. The second-order valence-electron chi connectivity index (χ2n) is 5.98. The summed E-state index contributed by atoms with van der Waals surface area (Å²) < 4.78 is 0. The lowest BCUT2D eigenvalue weighted by molar-refractivity contribution is -0.114. The van der Waals surface area contributed by atoms with Crippen molar-refractivity contribution >= 4 is 34.6 Å². The SMILES string of the molecule is O=C(CNc1ccc(N2CCCCC2)cc1)Nc1ccccc1Cl. The van der Waals surface area contributed by atoms with Crippen molar-refractivity contribution in [2.75, 3.05) is 35.2 Å². The van der Waals surface area contributed by atoms with Gasteiger partial charge in [0.15, 0.2) is 0 Å². The maximum Gasteiger partial charge on any atom is 0.243 e. The number of halogens is 1. The van der Waals surface area contributed by atoms with Gasteiger partial charge in [-0.05, 0) is 55.7 Å². The molecule has 1 heterocycles. The molecule has 3 rings (SSSR count). The maximum absolute atomic E-state index is 12.0. The minimum Gasteiger partial charge on any atom is -0.376 e. The van der Waals surface area contributed by atoms with Gasteiger partial charge in [0.2, 0.25) is 5.91 Å². The predicted molar refractivity (Wildman–Crippen MR) is 101 cm³/mol. The first-order valence-electron chi connectivity index (χ1n) is 8.35. The summed E-state index contributed by atoms with van der Waals surface area (Å²) in [6.45, 7) is 2.47. The van der Waals surface area contributed by atoms with Gasteiger partial charge in [0, 0.05) is 24.5 Å². The zero-order chi connectivity index (χ0) is 16.8. The van der Waals surface area contributed by atoms with E-state index in [1.807, 2.05) is 24.3 Å². The largest absolute Gasteiger partial charge is 0.376 e. The number of rotatable bonds is 5. The fourth-order valence-electron chi connectivity index (χ4n) is 2.88. The third-order valence-electron chi connectivity index (χ3n) is 4.19. The van der Waals surface area contributed by atoms with Crippen LogP contribution < -0.4 is 15.5 Å². The number of amides is 1. The molecule has 0 aromatic heterocycles. The van der Waals surface area contributed by atoms with Crippen molar-refractivity contribution in [3.8, 4) is 0 Å². The van der Waals surface area contributed by atoms with E-state index in [1.165, 1.54) is 24.9 Å². The molecule has 2 aromatic rings. The molecule has 1 saturated heterocycles. The zero-order valence-electron chi connectivity index (χ0n) is 13.6. The molecule has 2 aromatic carbocycles. The van der Waals surface area contributed by atoms with Crippen LogP contribution in [0.1, 0.15) is 19.3 Å². The molecule has 1 amide bonds. The molecule has 4 nitrogen and oxygen atoms in total. The van der Waals surface area contributed by atoms with E-state index in [0.717, 1.165) is 18.8 Å². The molecule has 5 heteroatoms. The standard InChI is InChI=1S/C19H22ClN3O/c20-17-6-2-3-7-18(17)22-19(24)14-21-15-8-10-16(11-9-15)23-12-4-1-5-13-23/h2-3,6-11,21H,1,4-5,12-14H2,(H,22,24). The van der Waals surface area contributed by atoms with Gasteiger partial charge >= 0.3 is 0 Å². The normalized spacial score (nSPS) is 14.3. The molecule has 0 aliphatic carbocycles. The van der Waals surface area contributed by atoms with E-state index in [4.69, 9.17) is 11.6 Å². The number of nitrogens with one attached hydrogen (secondary N) is 2. The Labute approximate surface area is 147 Å². The Balaban J connectivity index is 1.51. The Morgan fingerprint density at radius 3 is 2.42 bits per heavy atom. The van der Waals surface area contributed by atoms with Gasteiger partial charge in [0.1, 0.15) is 0 Å². The number of carbonyl (C=O) groups excluding carboxylic acids is 1. The first-order valence-corrected chi connectivity index (χ1v) is 8.73. The smallest absolute Gasteiger partial charge is 0.243 e. The van der Waals surface area contributed by atoms with Gasteiger partial charge in [-0.3, -0.25) is 4.79 Å². The summed E-state index contributed by atoms with van der Waals surface area (Å²) in [6, 6.07) is 15.5. The monoisotopic (exact) mass is 343 g/mol. The molecule has 0 atom stereocenters. The van der Waals surface area contributed by atoms with Crippen LogP contribution in [0.2, 0.25) is 5.02 Å². The number of benzene rings is 2. The number of para-hydroxylation sites is 1. The topological polar surface area (TPSA) is 44.4 Å². The molecule has 0 unspecified atom stereocenters. The van der Waals surface area contributed by atoms with Crippen LogP contribution in [0.5, 0.6) is 0 Å². The highest BCUT2D eigenvalue weighted by atomic mass is 35.5. The first kappa shape index (κ1) is 16.7. The van der Waals surface area contributed by atoms with Crippen molar-refractivity contribution in [2.45, 2.75) is 19.3 Å². The molecule has 126 valence electrons. The highest BCUT2D eigenvalue weighted by Gasteiger charge is 2.10. The van der Waals surface area contributed by atoms with Gasteiger partial charge in [-0.25, -0.2) is 0 Å². The van der Waals surface area contributed by atoms with Crippen molar-refractivity contribution in [2.24, 2.45) is 0 Å². The quantitative estimate of drug-likeness (QED) is 0.846. The summed E-state index contributed by atoms with van der Waals surface area (Å²) >= 11 is 6.04. The van der Waals surface area contributed by atoms with E-state index in [0.29, 0.717) is 10.7 Å². The van der Waals surface area contributed by atoms with Crippen molar-refractivity contribution < 1.29 is 4.79 Å². The first-order chi connectivity index (χ1) is 11.7. The Morgan fingerprint density at radius 2 is 1.71 bits per heavy atom. The number of carbonyl (C=O) groups is 1. The maximum atomic E-state index is 12.0. The van der Waals surface area contributed by atoms with E-state index in [-0.39, 0.29) is 12.5 Å². The van der Waals surface area contributed by atoms with Crippen molar-refractivity contribution in [3.05, 3.63) is 53.6 Å². The van der Waals surface area contributed by atoms with E-state index in [2.05, 4.69) is 27.7 Å². The van der Waals surface area contributed by atoms with Gasteiger partial charge in [0.05, 0.1) is 17.3 Å². The lowest BCUT2D eigenvalue weighted by atomic mass is 10.1. The van der Waals surface area contributed by atoms with Crippen LogP contribution in [0.15, 0.2) is 48.5 Å². The van der Waals surface area contributed by atoms with Crippen LogP contribution in [0.25, 0.3) is 0 Å². The highest BCUT2D eigenvalue weighted by Crippen LogP contribution is 2.22. The predicted octanol–water partition coefficient (Wildman–Crippen LogP) is 4.38. The average Bonchev–Trinajstić information content (AvgIpc) is 2.63. The second kappa shape index (κ2) is 8.06. The molecule has 0 spiro atoms. The Hall–Kier alpha value is -2.20. The van der Waals surface area contributed by atoms with Crippen LogP contribution in [0.4, 0.5) is 17.1 Å². The molecule has 2 N–H and O–H groups in total. The number of nitrogens with zero attached hydrogens (tertiary/aromatic N) is 1. The molecule has 24 heavy (non-hydrogen) atoms. The summed E-state index contributed by atoms with van der Waals surface area (Å²) in [5, 5.41) is 6.48. The molecule has 1 fully saturated rings. The van der Waals surface area contributed by atoms with Gasteiger partial charge < -0.3 is 15.5 Å². The summed E-state index contributed by atoms with van der Waals surface area (Å²) in [4.78, 5) is 14.4.